The SMILES string of the molecule is COc1c(F)ccc(Cn2cc(CNc3cc4c(c(C)n3)NC(=O)[C@H](C(C)C)N4C)cn2)c1F. The lowest BCUT2D eigenvalue weighted by molar-refractivity contribution is -0.118. The molecule has 0 saturated heterocycles. The molecule has 1 aliphatic heterocycles. The van der Waals surface area contributed by atoms with Crippen LogP contribution in [0.1, 0.15) is 30.7 Å². The number of hydrogen-bond donors (Lipinski definition) is 2. The summed E-state index contributed by atoms with van der Waals surface area (Å²) in [6.45, 7) is 6.48. The van der Waals surface area contributed by atoms with E-state index in [1.807, 2.05) is 38.8 Å². The molecule has 1 aromatic carbocycles. The van der Waals surface area contributed by atoms with E-state index in [9.17, 15) is 13.6 Å². The third-order valence-corrected chi connectivity index (χ3v) is 5.95. The van der Waals surface area contributed by atoms with Crippen molar-refractivity contribution in [2.45, 2.75) is 39.9 Å². The first-order chi connectivity index (χ1) is 16.2. The number of carbonyl (C=O) groups excluding carboxylic acids is 1. The van der Waals surface area contributed by atoms with Gasteiger partial charge in [0.05, 0.1) is 36.9 Å². The van der Waals surface area contributed by atoms with Crippen LogP contribution in [-0.4, -0.2) is 40.9 Å². The van der Waals surface area contributed by atoms with E-state index >= 15 is 0 Å². The third kappa shape index (κ3) is 4.40. The van der Waals surface area contributed by atoms with Crippen LogP contribution in [-0.2, 0) is 17.9 Å². The first kappa shape index (κ1) is 23.5. The summed E-state index contributed by atoms with van der Waals surface area (Å²) in [5, 5.41) is 10.6. The van der Waals surface area contributed by atoms with Crippen LogP contribution in [0.15, 0.2) is 30.6 Å². The fraction of sp³-hybridized carbons (Fsp3) is 0.375. The highest BCUT2D eigenvalue weighted by Crippen LogP contribution is 2.36. The second-order valence-corrected chi connectivity index (χ2v) is 8.73. The molecule has 180 valence electrons. The fourth-order valence-corrected chi connectivity index (χ4v) is 4.29. The topological polar surface area (TPSA) is 84.3 Å². The highest BCUT2D eigenvalue weighted by molar-refractivity contribution is 6.04. The zero-order chi connectivity index (χ0) is 24.6. The monoisotopic (exact) mass is 470 g/mol. The number of likely N-dealkylation sites (N-methyl/N-ethyl adjacent to an activating group) is 1. The van der Waals surface area contributed by atoms with E-state index in [2.05, 4.69) is 20.7 Å². The summed E-state index contributed by atoms with van der Waals surface area (Å²) in [4.78, 5) is 19.1. The molecule has 0 spiro atoms. The number of anilines is 3. The Labute approximate surface area is 196 Å². The molecule has 0 saturated carbocycles. The maximum atomic E-state index is 14.4. The Morgan fingerprint density at radius 1 is 1.29 bits per heavy atom. The molecule has 1 amide bonds. The van der Waals surface area contributed by atoms with Crippen LogP contribution in [0.3, 0.4) is 0 Å². The van der Waals surface area contributed by atoms with Gasteiger partial charge in [0.15, 0.2) is 17.4 Å². The smallest absolute Gasteiger partial charge is 0.247 e. The second-order valence-electron chi connectivity index (χ2n) is 8.73. The number of rotatable bonds is 7. The minimum absolute atomic E-state index is 0.0294. The Morgan fingerprint density at radius 3 is 2.76 bits per heavy atom. The van der Waals surface area contributed by atoms with Crippen LogP contribution in [0.5, 0.6) is 5.75 Å². The van der Waals surface area contributed by atoms with E-state index < -0.39 is 17.4 Å². The molecule has 0 fully saturated rings. The van der Waals surface area contributed by atoms with Gasteiger partial charge in [0.2, 0.25) is 5.91 Å². The predicted octanol–water partition coefficient (Wildman–Crippen LogP) is 3.95. The largest absolute Gasteiger partial charge is 0.491 e. The number of nitrogens with one attached hydrogen (secondary N) is 2. The van der Waals surface area contributed by atoms with Gasteiger partial charge in [0.25, 0.3) is 0 Å². The van der Waals surface area contributed by atoms with Gasteiger partial charge in [-0.1, -0.05) is 19.9 Å². The summed E-state index contributed by atoms with van der Waals surface area (Å²) in [6, 6.07) is 4.22. The van der Waals surface area contributed by atoms with Crippen LogP contribution in [0.2, 0.25) is 0 Å². The highest BCUT2D eigenvalue weighted by atomic mass is 19.1. The van der Waals surface area contributed by atoms with E-state index in [4.69, 9.17) is 4.74 Å². The Balaban J connectivity index is 1.48. The summed E-state index contributed by atoms with van der Waals surface area (Å²) < 4.78 is 34.5. The minimum atomic E-state index is -0.744. The number of fused-ring (bicyclic) bond motifs is 1. The average Bonchev–Trinajstić information content (AvgIpc) is 3.23. The molecular formula is C24H28F2N6O2. The summed E-state index contributed by atoms with van der Waals surface area (Å²) in [5.74, 6) is -1.09. The zero-order valence-corrected chi connectivity index (χ0v) is 19.8. The molecule has 3 heterocycles. The van der Waals surface area contributed by atoms with Gasteiger partial charge in [0.1, 0.15) is 11.9 Å². The number of aromatic nitrogens is 3. The molecular weight excluding hydrogens is 442 g/mol. The molecule has 2 N–H and O–H groups in total. The van der Waals surface area contributed by atoms with Gasteiger partial charge >= 0.3 is 0 Å². The fourth-order valence-electron chi connectivity index (χ4n) is 4.29. The molecule has 3 aromatic rings. The van der Waals surface area contributed by atoms with E-state index in [0.717, 1.165) is 22.6 Å². The Morgan fingerprint density at radius 2 is 2.06 bits per heavy atom. The molecule has 4 rings (SSSR count). The van der Waals surface area contributed by atoms with Crippen molar-refractivity contribution in [3.05, 3.63) is 59.0 Å². The van der Waals surface area contributed by atoms with Crippen molar-refractivity contribution < 1.29 is 18.3 Å². The molecule has 10 heteroatoms. The number of carbonyl (C=O) groups is 1. The lowest BCUT2D eigenvalue weighted by atomic mass is 9.98. The molecule has 2 aromatic heterocycles. The number of aryl methyl sites for hydroxylation is 1. The standard InChI is InChI=1S/C24H28F2N6O2/c1-13(2)22-24(33)30-21-14(3)29-19(8-18(21)31(22)4)27-9-15-10-28-32(11-15)12-16-6-7-17(25)23(34-5)20(16)26/h6-8,10-11,13,22H,9,12H2,1-5H3,(H,27,29)(H,30,33)/t22-/m0/s1. The first-order valence-electron chi connectivity index (χ1n) is 11.0. The van der Waals surface area contributed by atoms with Crippen LogP contribution >= 0.6 is 0 Å². The molecule has 8 nitrogen and oxygen atoms in total. The number of nitrogens with zero attached hydrogens (tertiary/aromatic N) is 4. The predicted molar refractivity (Wildman–Crippen MR) is 126 cm³/mol. The maximum Gasteiger partial charge on any atom is 0.247 e. The molecule has 0 aliphatic carbocycles. The normalized spacial score (nSPS) is 15.4. The second kappa shape index (κ2) is 9.28. The quantitative estimate of drug-likeness (QED) is 0.544. The van der Waals surface area contributed by atoms with Gasteiger partial charge in [0, 0.05) is 37.0 Å². The lowest BCUT2D eigenvalue weighted by Crippen LogP contribution is -2.49. The molecule has 0 bridgehead atoms. The van der Waals surface area contributed by atoms with Gasteiger partial charge < -0.3 is 20.3 Å². The van der Waals surface area contributed by atoms with Gasteiger partial charge in [-0.3, -0.25) is 9.48 Å². The molecule has 34 heavy (non-hydrogen) atoms. The highest BCUT2D eigenvalue weighted by Gasteiger charge is 2.34. The van der Waals surface area contributed by atoms with Crippen molar-refractivity contribution in [2.75, 3.05) is 29.7 Å². The number of benzene rings is 1. The number of methoxy groups -OCH3 is 1. The lowest BCUT2D eigenvalue weighted by Gasteiger charge is -2.38. The minimum Gasteiger partial charge on any atom is -0.491 e. The van der Waals surface area contributed by atoms with E-state index in [-0.39, 0.29) is 30.0 Å². The van der Waals surface area contributed by atoms with E-state index in [0.29, 0.717) is 12.4 Å². The first-order valence-corrected chi connectivity index (χ1v) is 11.0. The Kier molecular flexibility index (Phi) is 6.41. The Bertz CT molecular complexity index is 1230. The molecule has 0 unspecified atom stereocenters. The van der Waals surface area contributed by atoms with Crippen molar-refractivity contribution in [3.63, 3.8) is 0 Å². The molecule has 0 radical (unpaired) electrons. The number of amides is 1. The van der Waals surface area contributed by atoms with Crippen LogP contribution in [0.25, 0.3) is 0 Å². The van der Waals surface area contributed by atoms with Crippen molar-refractivity contribution in [1.82, 2.24) is 14.8 Å². The van der Waals surface area contributed by atoms with Crippen LogP contribution in [0.4, 0.5) is 26.0 Å². The summed E-state index contributed by atoms with van der Waals surface area (Å²) in [6.07, 6.45) is 3.47. The summed E-state index contributed by atoms with van der Waals surface area (Å²) >= 11 is 0. The molecule has 1 aliphatic rings. The zero-order valence-electron chi connectivity index (χ0n) is 19.8. The van der Waals surface area contributed by atoms with Crippen molar-refractivity contribution >= 4 is 23.1 Å². The maximum absolute atomic E-state index is 14.4. The summed E-state index contributed by atoms with van der Waals surface area (Å²) in [5.41, 5.74) is 3.49. The van der Waals surface area contributed by atoms with Crippen molar-refractivity contribution in [1.29, 1.82) is 0 Å². The van der Waals surface area contributed by atoms with Gasteiger partial charge in [-0.25, -0.2) is 13.8 Å². The van der Waals surface area contributed by atoms with Crippen LogP contribution in [0, 0.1) is 24.5 Å². The van der Waals surface area contributed by atoms with E-state index in [1.165, 1.54) is 19.2 Å². The number of ether oxygens (including phenoxy) is 1. The van der Waals surface area contributed by atoms with Crippen LogP contribution < -0.4 is 20.3 Å². The van der Waals surface area contributed by atoms with Gasteiger partial charge in [-0.15, -0.1) is 0 Å². The van der Waals surface area contributed by atoms with Gasteiger partial charge in [-0.2, -0.15) is 5.10 Å². The number of hydrogen-bond acceptors (Lipinski definition) is 6. The van der Waals surface area contributed by atoms with Gasteiger partial charge in [-0.05, 0) is 18.9 Å². The number of pyridine rings is 1. The third-order valence-electron chi connectivity index (χ3n) is 5.95. The van der Waals surface area contributed by atoms with Crippen molar-refractivity contribution in [3.8, 4) is 5.75 Å². The Hall–Kier alpha value is -3.69. The number of halogens is 2. The molecule has 1 atom stereocenters. The van der Waals surface area contributed by atoms with E-state index in [1.54, 1.807) is 17.1 Å². The van der Waals surface area contributed by atoms with Crippen molar-refractivity contribution in [2.24, 2.45) is 5.92 Å². The summed E-state index contributed by atoms with van der Waals surface area (Å²) in [7, 11) is 3.15. The average molecular weight is 471 g/mol.